The van der Waals surface area contributed by atoms with Gasteiger partial charge in [-0.25, -0.2) is 13.8 Å². The molecular weight excluding hydrogens is 671 g/mol. The number of carbonyl (C=O) groups excluding carboxylic acids is 1. The Labute approximate surface area is 285 Å². The van der Waals surface area contributed by atoms with Gasteiger partial charge in [0.15, 0.2) is 11.6 Å². The molecule has 4 heterocycles. The second-order valence-electron chi connectivity index (χ2n) is 12.2. The number of aromatic nitrogens is 2. The van der Waals surface area contributed by atoms with Gasteiger partial charge >= 0.3 is 0 Å². The van der Waals surface area contributed by atoms with Crippen LogP contribution in [0.4, 0.5) is 20.2 Å². The van der Waals surface area contributed by atoms with Gasteiger partial charge in [-0.05, 0) is 31.9 Å². The lowest BCUT2D eigenvalue weighted by molar-refractivity contribution is -0.130. The van der Waals surface area contributed by atoms with E-state index in [1.165, 1.54) is 16.7 Å². The second kappa shape index (κ2) is 12.9. The van der Waals surface area contributed by atoms with Crippen LogP contribution in [0, 0.1) is 34.8 Å². The van der Waals surface area contributed by atoms with Crippen LogP contribution in [-0.2, 0) is 4.79 Å². The summed E-state index contributed by atoms with van der Waals surface area (Å²) in [4.78, 5) is 40.1. The summed E-state index contributed by atoms with van der Waals surface area (Å²) in [7, 11) is 0. The zero-order valence-electron chi connectivity index (χ0n) is 26.3. The second-order valence-corrected chi connectivity index (χ2v) is 13.3. The highest BCUT2D eigenvalue weighted by Crippen LogP contribution is 2.44. The van der Waals surface area contributed by atoms with Gasteiger partial charge in [-0.3, -0.25) is 19.1 Å². The van der Waals surface area contributed by atoms with E-state index in [0.29, 0.717) is 11.1 Å². The van der Waals surface area contributed by atoms with Gasteiger partial charge in [0.25, 0.3) is 5.56 Å². The maximum absolute atomic E-state index is 15.7. The normalized spacial score (nSPS) is 21.3. The predicted molar refractivity (Wildman–Crippen MR) is 183 cm³/mol. The third kappa shape index (κ3) is 5.56. The summed E-state index contributed by atoms with van der Waals surface area (Å²) in [5, 5.41) is 9.28. The molecule has 1 aromatic carbocycles. The SMILES string of the molecule is C=CC(=O)N1[C@H](C)CN(c2c(C#N)c(=O)n(C3C(C(C)C)=NC=C[C@H]3C)c3nc(-c4c(N)c(F)c(Cl)c(Cl)c4F)c(Cl)cc23)C[C@@H]1C. The Morgan fingerprint density at radius 2 is 1.77 bits per heavy atom. The number of hydrogen-bond acceptors (Lipinski definition) is 7. The maximum atomic E-state index is 15.7. The summed E-state index contributed by atoms with van der Waals surface area (Å²) in [6, 6.07) is 2.22. The molecule has 2 aromatic heterocycles. The van der Waals surface area contributed by atoms with Crippen molar-refractivity contribution in [1.82, 2.24) is 14.5 Å². The Bertz CT molecular complexity index is 1960. The van der Waals surface area contributed by atoms with E-state index in [1.54, 1.807) is 11.1 Å². The molecule has 1 amide bonds. The highest BCUT2D eigenvalue weighted by molar-refractivity contribution is 6.43. The number of rotatable bonds is 5. The molecule has 2 aliphatic rings. The number of benzene rings is 1. The predicted octanol–water partition coefficient (Wildman–Crippen LogP) is 7.17. The number of fused-ring (bicyclic) bond motifs is 1. The highest BCUT2D eigenvalue weighted by Gasteiger charge is 2.37. The van der Waals surface area contributed by atoms with Crippen molar-refractivity contribution in [2.45, 2.75) is 52.7 Å². The third-order valence-electron chi connectivity index (χ3n) is 8.71. The number of anilines is 2. The van der Waals surface area contributed by atoms with E-state index in [-0.39, 0.29) is 70.5 Å². The molecule has 1 saturated heterocycles. The third-order valence-corrected chi connectivity index (χ3v) is 9.80. The molecule has 1 unspecified atom stereocenters. The number of nitriles is 1. The minimum Gasteiger partial charge on any atom is -0.396 e. The number of amides is 1. The number of piperazine rings is 1. The average Bonchev–Trinajstić information content (AvgIpc) is 3.02. The summed E-state index contributed by atoms with van der Waals surface area (Å²) < 4.78 is 32.1. The molecule has 0 aliphatic carbocycles. The maximum Gasteiger partial charge on any atom is 0.272 e. The summed E-state index contributed by atoms with van der Waals surface area (Å²) in [5.41, 5.74) is 4.68. The van der Waals surface area contributed by atoms with Crippen molar-refractivity contribution in [2.75, 3.05) is 23.7 Å². The van der Waals surface area contributed by atoms with Crippen molar-refractivity contribution in [1.29, 1.82) is 5.26 Å². The summed E-state index contributed by atoms with van der Waals surface area (Å²) >= 11 is 18.7. The number of pyridine rings is 2. The number of nitrogens with two attached hydrogens (primary N) is 1. The van der Waals surface area contributed by atoms with E-state index >= 15 is 8.78 Å². The Morgan fingerprint density at radius 3 is 2.34 bits per heavy atom. The van der Waals surface area contributed by atoms with Gasteiger partial charge < -0.3 is 15.5 Å². The van der Waals surface area contributed by atoms with Gasteiger partial charge in [0.2, 0.25) is 5.91 Å². The molecule has 14 heteroatoms. The molecule has 5 rings (SSSR count). The molecule has 0 bridgehead atoms. The highest BCUT2D eigenvalue weighted by atomic mass is 35.5. The van der Waals surface area contributed by atoms with E-state index in [9.17, 15) is 14.9 Å². The minimum atomic E-state index is -1.15. The topological polar surface area (TPSA) is 121 Å². The number of nitrogen functional groups attached to an aromatic ring is 1. The van der Waals surface area contributed by atoms with Crippen LogP contribution in [0.5, 0.6) is 0 Å². The number of aliphatic imine (C=N–C) groups is 1. The van der Waals surface area contributed by atoms with E-state index in [1.807, 2.05) is 45.6 Å². The zero-order chi connectivity index (χ0) is 34.6. The molecule has 0 saturated carbocycles. The molecule has 2 aliphatic heterocycles. The van der Waals surface area contributed by atoms with Gasteiger partial charge in [-0.2, -0.15) is 5.26 Å². The standard InChI is InChI=1S/C33H32Cl3F2N7O2/c1-7-21(46)44-16(5)12-43(13-17(44)6)31-18-10-20(34)29(22-25(37)23(35)24(36)26(38)27(22)40)42-32(18)45(33(47)19(31)11-39)30-15(4)8-9-41-28(30)14(2)3/h7-10,14-17,30H,1,12-13,40H2,2-6H3/t15-,16-,17+,30?/m1/s1. The lowest BCUT2D eigenvalue weighted by Gasteiger charge is -2.45. The van der Waals surface area contributed by atoms with Crippen molar-refractivity contribution in [3.05, 3.63) is 73.6 Å². The van der Waals surface area contributed by atoms with Crippen molar-refractivity contribution in [3.63, 3.8) is 0 Å². The molecule has 47 heavy (non-hydrogen) atoms. The molecule has 3 aromatic rings. The summed E-state index contributed by atoms with van der Waals surface area (Å²) in [6.45, 7) is 13.6. The van der Waals surface area contributed by atoms with Crippen LogP contribution in [0.1, 0.15) is 46.2 Å². The molecule has 246 valence electrons. The fourth-order valence-corrected chi connectivity index (χ4v) is 7.26. The van der Waals surface area contributed by atoms with E-state index in [2.05, 4.69) is 17.6 Å². The molecule has 0 radical (unpaired) electrons. The van der Waals surface area contributed by atoms with E-state index < -0.39 is 44.5 Å². The first-order valence-electron chi connectivity index (χ1n) is 14.9. The zero-order valence-corrected chi connectivity index (χ0v) is 28.6. The number of nitrogens with zero attached hydrogens (tertiary/aromatic N) is 6. The lowest BCUT2D eigenvalue weighted by Crippen LogP contribution is -2.58. The number of hydrogen-bond donors (Lipinski definition) is 1. The van der Waals surface area contributed by atoms with Gasteiger partial charge in [-0.15, -0.1) is 0 Å². The van der Waals surface area contributed by atoms with Crippen LogP contribution in [0.25, 0.3) is 22.3 Å². The van der Waals surface area contributed by atoms with Crippen LogP contribution in [0.15, 0.2) is 40.8 Å². The van der Waals surface area contributed by atoms with Crippen LogP contribution < -0.4 is 16.2 Å². The van der Waals surface area contributed by atoms with Gasteiger partial charge in [0.05, 0.1) is 38.7 Å². The van der Waals surface area contributed by atoms with Crippen molar-refractivity contribution in [2.24, 2.45) is 16.8 Å². The smallest absolute Gasteiger partial charge is 0.272 e. The Balaban J connectivity index is 1.91. The van der Waals surface area contributed by atoms with Gasteiger partial charge in [0.1, 0.15) is 22.3 Å². The van der Waals surface area contributed by atoms with Crippen LogP contribution in [0.2, 0.25) is 15.1 Å². The van der Waals surface area contributed by atoms with Gasteiger partial charge in [0, 0.05) is 48.4 Å². The quantitative estimate of drug-likeness (QED) is 0.130. The largest absolute Gasteiger partial charge is 0.396 e. The molecule has 1 fully saturated rings. The fraction of sp³-hybridized carbons (Fsp3) is 0.364. The molecule has 9 nitrogen and oxygen atoms in total. The van der Waals surface area contributed by atoms with Crippen LogP contribution >= 0.6 is 34.8 Å². The number of allylic oxidation sites excluding steroid dienone is 1. The van der Waals surface area contributed by atoms with Crippen molar-refractivity contribution in [3.8, 4) is 17.3 Å². The summed E-state index contributed by atoms with van der Waals surface area (Å²) in [6.07, 6.45) is 4.74. The first-order chi connectivity index (χ1) is 22.2. The average molecular weight is 703 g/mol. The Morgan fingerprint density at radius 1 is 1.15 bits per heavy atom. The first-order valence-corrected chi connectivity index (χ1v) is 16.0. The Hall–Kier alpha value is -3.98. The molecule has 4 atom stereocenters. The van der Waals surface area contributed by atoms with Crippen molar-refractivity contribution < 1.29 is 13.6 Å². The number of carbonyl (C=O) groups is 1. The number of halogens is 5. The molecular formula is C33H32Cl3F2N7O2. The lowest BCUT2D eigenvalue weighted by atomic mass is 9.88. The van der Waals surface area contributed by atoms with Gasteiger partial charge in [-0.1, -0.05) is 68.2 Å². The fourth-order valence-electron chi connectivity index (χ4n) is 6.65. The van der Waals surface area contributed by atoms with E-state index in [0.717, 1.165) is 0 Å². The van der Waals surface area contributed by atoms with Crippen molar-refractivity contribution >= 4 is 68.8 Å². The monoisotopic (exact) mass is 701 g/mol. The van der Waals surface area contributed by atoms with Crippen LogP contribution in [-0.4, -0.2) is 51.2 Å². The molecule has 2 N–H and O–H groups in total. The first kappa shape index (κ1) is 34.4. The summed E-state index contributed by atoms with van der Waals surface area (Å²) in [5.74, 6) is -2.93. The minimum absolute atomic E-state index is 0.0408. The Kier molecular flexibility index (Phi) is 9.43. The van der Waals surface area contributed by atoms with Crippen LogP contribution in [0.3, 0.4) is 0 Å². The molecule has 0 spiro atoms. The van der Waals surface area contributed by atoms with E-state index in [4.69, 9.17) is 45.5 Å².